The van der Waals surface area contributed by atoms with Crippen molar-refractivity contribution in [3.05, 3.63) is 50.5 Å². The highest BCUT2D eigenvalue weighted by atomic mass is 35.5. The Morgan fingerprint density at radius 2 is 1.95 bits per heavy atom. The van der Waals surface area contributed by atoms with Gasteiger partial charge in [0.25, 0.3) is 5.56 Å². The van der Waals surface area contributed by atoms with E-state index in [0.29, 0.717) is 0 Å². The molecule has 104 valence electrons. The molecule has 1 aromatic carbocycles. The number of methoxy groups -OCH3 is 1. The van der Waals surface area contributed by atoms with Crippen molar-refractivity contribution in [3.8, 4) is 5.69 Å². The van der Waals surface area contributed by atoms with Crippen molar-refractivity contribution in [1.82, 2.24) is 9.55 Å². The number of nitrogen functional groups attached to an aromatic ring is 1. The van der Waals surface area contributed by atoms with Gasteiger partial charge in [0.1, 0.15) is 12.1 Å². The lowest BCUT2D eigenvalue weighted by Crippen LogP contribution is -2.28. The summed E-state index contributed by atoms with van der Waals surface area (Å²) in [5, 5.41) is 0.476. The largest absolute Gasteiger partial charge is 0.465 e. The van der Waals surface area contributed by atoms with Crippen LogP contribution in [0.5, 0.6) is 0 Å². The summed E-state index contributed by atoms with van der Waals surface area (Å²) in [4.78, 5) is 27.7. The van der Waals surface area contributed by atoms with Gasteiger partial charge in [0.05, 0.1) is 22.8 Å². The Morgan fingerprint density at radius 3 is 2.50 bits per heavy atom. The summed E-state index contributed by atoms with van der Waals surface area (Å²) < 4.78 is 5.56. The zero-order valence-corrected chi connectivity index (χ0v) is 11.8. The number of anilines is 1. The third-order valence-corrected chi connectivity index (χ3v) is 3.18. The fourth-order valence-corrected chi connectivity index (χ4v) is 2.22. The van der Waals surface area contributed by atoms with Gasteiger partial charge in [-0.25, -0.2) is 9.78 Å². The van der Waals surface area contributed by atoms with Gasteiger partial charge < -0.3 is 10.5 Å². The summed E-state index contributed by atoms with van der Waals surface area (Å²) >= 11 is 12.0. The van der Waals surface area contributed by atoms with Gasteiger partial charge >= 0.3 is 5.97 Å². The maximum Gasteiger partial charge on any atom is 0.347 e. The summed E-state index contributed by atoms with van der Waals surface area (Å²) in [5.41, 5.74) is 4.67. The highest BCUT2D eigenvalue weighted by Gasteiger charge is 2.20. The highest BCUT2D eigenvalue weighted by molar-refractivity contribution is 6.37. The first kappa shape index (κ1) is 14.4. The van der Waals surface area contributed by atoms with E-state index in [4.69, 9.17) is 28.9 Å². The minimum Gasteiger partial charge on any atom is -0.465 e. The van der Waals surface area contributed by atoms with Gasteiger partial charge in [-0.15, -0.1) is 0 Å². The molecular weight excluding hydrogens is 305 g/mol. The minimum absolute atomic E-state index is 0.221. The second-order valence-corrected chi connectivity index (χ2v) is 4.56. The van der Waals surface area contributed by atoms with Gasteiger partial charge in [-0.05, 0) is 12.1 Å². The Labute approximate surface area is 123 Å². The van der Waals surface area contributed by atoms with Crippen LogP contribution in [-0.4, -0.2) is 22.6 Å². The van der Waals surface area contributed by atoms with E-state index in [9.17, 15) is 9.59 Å². The number of aromatic nitrogens is 2. The molecule has 2 rings (SSSR count). The van der Waals surface area contributed by atoms with E-state index in [1.165, 1.54) is 0 Å². The smallest absolute Gasteiger partial charge is 0.347 e. The van der Waals surface area contributed by atoms with Crippen molar-refractivity contribution in [3.63, 3.8) is 0 Å². The van der Waals surface area contributed by atoms with E-state index >= 15 is 0 Å². The normalized spacial score (nSPS) is 10.3. The number of nitrogens with two attached hydrogens (primary N) is 1. The molecule has 0 amide bonds. The Balaban J connectivity index is 2.78. The molecule has 20 heavy (non-hydrogen) atoms. The number of ether oxygens (including phenoxy) is 1. The zero-order valence-electron chi connectivity index (χ0n) is 10.3. The number of benzene rings is 1. The van der Waals surface area contributed by atoms with Crippen molar-refractivity contribution < 1.29 is 9.53 Å². The lowest BCUT2D eigenvalue weighted by molar-refractivity contribution is 0.0599. The maximum atomic E-state index is 12.3. The van der Waals surface area contributed by atoms with Gasteiger partial charge in [0, 0.05) is 0 Å². The van der Waals surface area contributed by atoms with Crippen LogP contribution >= 0.6 is 23.2 Å². The lowest BCUT2D eigenvalue weighted by atomic mass is 10.2. The van der Waals surface area contributed by atoms with Crippen LogP contribution in [0.3, 0.4) is 0 Å². The van der Waals surface area contributed by atoms with Gasteiger partial charge in [-0.2, -0.15) is 0 Å². The number of para-hydroxylation sites is 1. The predicted molar refractivity (Wildman–Crippen MR) is 75.6 cm³/mol. The Kier molecular flexibility index (Phi) is 3.96. The second kappa shape index (κ2) is 5.52. The average Bonchev–Trinajstić information content (AvgIpc) is 2.40. The zero-order chi connectivity index (χ0) is 14.9. The second-order valence-electron chi connectivity index (χ2n) is 3.74. The van der Waals surface area contributed by atoms with Crippen molar-refractivity contribution in [1.29, 1.82) is 0 Å². The van der Waals surface area contributed by atoms with E-state index in [1.54, 1.807) is 18.2 Å². The molecule has 0 aliphatic rings. The van der Waals surface area contributed by atoms with Crippen LogP contribution in [0.25, 0.3) is 5.69 Å². The molecule has 0 atom stereocenters. The monoisotopic (exact) mass is 313 g/mol. The average molecular weight is 314 g/mol. The van der Waals surface area contributed by atoms with Crippen molar-refractivity contribution >= 4 is 35.0 Å². The molecule has 2 aromatic rings. The van der Waals surface area contributed by atoms with Gasteiger partial charge in [0.2, 0.25) is 0 Å². The summed E-state index contributed by atoms with van der Waals surface area (Å²) in [6.45, 7) is 0. The molecule has 0 radical (unpaired) electrons. The Bertz CT molecular complexity index is 723. The molecule has 1 heterocycles. The molecule has 6 nitrogen and oxygen atoms in total. The van der Waals surface area contributed by atoms with Gasteiger partial charge in [0.15, 0.2) is 5.56 Å². The number of carbonyl (C=O) groups is 1. The van der Waals surface area contributed by atoms with Crippen molar-refractivity contribution in [2.24, 2.45) is 0 Å². The summed E-state index contributed by atoms with van der Waals surface area (Å²) in [7, 11) is 1.14. The molecule has 0 aliphatic carbocycles. The minimum atomic E-state index is -0.877. The first-order valence-corrected chi connectivity index (χ1v) is 6.12. The van der Waals surface area contributed by atoms with E-state index < -0.39 is 11.5 Å². The summed E-state index contributed by atoms with van der Waals surface area (Å²) in [6, 6.07) is 4.75. The number of esters is 1. The fraction of sp³-hybridized carbons (Fsp3) is 0.0833. The molecule has 8 heteroatoms. The molecule has 0 aliphatic heterocycles. The molecule has 0 saturated carbocycles. The van der Waals surface area contributed by atoms with Crippen LogP contribution in [-0.2, 0) is 4.74 Å². The highest BCUT2D eigenvalue weighted by Crippen LogP contribution is 2.27. The van der Waals surface area contributed by atoms with Crippen LogP contribution in [0.15, 0.2) is 29.3 Å². The van der Waals surface area contributed by atoms with Crippen LogP contribution in [0, 0.1) is 0 Å². The van der Waals surface area contributed by atoms with E-state index in [2.05, 4.69) is 9.72 Å². The van der Waals surface area contributed by atoms with Crippen molar-refractivity contribution in [2.45, 2.75) is 0 Å². The van der Waals surface area contributed by atoms with E-state index in [0.717, 1.165) is 18.0 Å². The number of nitrogens with zero attached hydrogens (tertiary/aromatic N) is 2. The van der Waals surface area contributed by atoms with Crippen molar-refractivity contribution in [2.75, 3.05) is 12.8 Å². The molecular formula is C12H9Cl2N3O3. The predicted octanol–water partition coefficient (Wildman–Crippen LogP) is 1.91. The van der Waals surface area contributed by atoms with Gasteiger partial charge in [-0.3, -0.25) is 9.36 Å². The standard InChI is InChI=1S/C12H9Cl2N3O3/c1-20-12(19)8-10(15)16-5-17(11(8)18)9-6(13)3-2-4-7(9)14/h2-5H,15H2,1H3. The maximum absolute atomic E-state index is 12.3. The number of halogens is 2. The molecule has 0 saturated heterocycles. The summed E-state index contributed by atoms with van der Waals surface area (Å²) in [6.07, 6.45) is 1.15. The van der Waals surface area contributed by atoms with E-state index in [1.807, 2.05) is 0 Å². The van der Waals surface area contributed by atoms with E-state index in [-0.39, 0.29) is 27.1 Å². The number of rotatable bonds is 2. The first-order valence-electron chi connectivity index (χ1n) is 5.37. The molecule has 1 aromatic heterocycles. The SMILES string of the molecule is COC(=O)c1c(N)ncn(-c2c(Cl)cccc2Cl)c1=O. The lowest BCUT2D eigenvalue weighted by Gasteiger charge is -2.11. The van der Waals surface area contributed by atoms with Crippen LogP contribution in [0.4, 0.5) is 5.82 Å². The quantitative estimate of drug-likeness (QED) is 0.856. The van der Waals surface area contributed by atoms with Crippen LogP contribution in [0.2, 0.25) is 10.0 Å². The molecule has 0 unspecified atom stereocenters. The topological polar surface area (TPSA) is 87.2 Å². The number of hydrogen-bond acceptors (Lipinski definition) is 5. The Morgan fingerprint density at radius 1 is 1.35 bits per heavy atom. The summed E-state index contributed by atoms with van der Waals surface area (Å²) in [5.74, 6) is -1.10. The first-order chi connectivity index (χ1) is 9.47. The molecule has 0 fully saturated rings. The fourth-order valence-electron chi connectivity index (χ4n) is 1.64. The third-order valence-electron chi connectivity index (χ3n) is 2.57. The van der Waals surface area contributed by atoms with Crippen LogP contribution in [0.1, 0.15) is 10.4 Å². The molecule has 0 bridgehead atoms. The molecule has 0 spiro atoms. The third kappa shape index (κ3) is 2.35. The molecule has 2 N–H and O–H groups in total. The number of carbonyl (C=O) groups excluding carboxylic acids is 1. The van der Waals surface area contributed by atoms with Gasteiger partial charge in [-0.1, -0.05) is 29.3 Å². The van der Waals surface area contributed by atoms with Crippen LogP contribution < -0.4 is 11.3 Å². The number of hydrogen-bond donors (Lipinski definition) is 1. The Hall–Kier alpha value is -2.05.